The molecular weight excluding hydrogens is 311 g/mol. The summed E-state index contributed by atoms with van der Waals surface area (Å²) in [7, 11) is 0. The Bertz CT molecular complexity index is 484. The molecule has 0 radical (unpaired) electrons. The van der Waals surface area contributed by atoms with Crippen LogP contribution in [0.4, 0.5) is 0 Å². The Morgan fingerprint density at radius 2 is 2.10 bits per heavy atom. The van der Waals surface area contributed by atoms with Crippen molar-refractivity contribution >= 4 is 29.2 Å². The summed E-state index contributed by atoms with van der Waals surface area (Å²) in [6, 6.07) is 4.81. The quantitative estimate of drug-likeness (QED) is 0.370. The van der Waals surface area contributed by atoms with E-state index in [0.717, 1.165) is 19.3 Å². The molecule has 0 atom stereocenters. The topological polar surface area (TPSA) is 35.5 Å². The zero-order chi connectivity index (χ0) is 15.7. The first-order valence-electron chi connectivity index (χ1n) is 6.91. The van der Waals surface area contributed by atoms with Gasteiger partial charge in [0.2, 0.25) is 0 Å². The summed E-state index contributed by atoms with van der Waals surface area (Å²) in [6.45, 7) is 4.17. The first kappa shape index (κ1) is 17.9. The molecule has 1 aromatic rings. The number of allylic oxidation sites excluding steroid dienone is 1. The van der Waals surface area contributed by atoms with E-state index in [2.05, 4.69) is 13.8 Å². The zero-order valence-electron chi connectivity index (χ0n) is 12.3. The van der Waals surface area contributed by atoms with Gasteiger partial charge >= 0.3 is 5.97 Å². The number of carbonyl (C=O) groups excluding carboxylic acids is 1. The summed E-state index contributed by atoms with van der Waals surface area (Å²) < 4.78 is 10.2. The monoisotopic (exact) mass is 330 g/mol. The minimum atomic E-state index is -0.471. The number of hydrogen-bond acceptors (Lipinski definition) is 3. The summed E-state index contributed by atoms with van der Waals surface area (Å²) in [6.07, 6.45) is 6.40. The highest BCUT2D eigenvalue weighted by atomic mass is 35.5. The van der Waals surface area contributed by atoms with Crippen molar-refractivity contribution in [3.8, 4) is 5.75 Å². The van der Waals surface area contributed by atoms with Gasteiger partial charge in [0.25, 0.3) is 0 Å². The van der Waals surface area contributed by atoms with Crippen molar-refractivity contribution in [1.82, 2.24) is 0 Å². The van der Waals surface area contributed by atoms with Crippen LogP contribution in [0.1, 0.15) is 33.1 Å². The summed E-state index contributed by atoms with van der Waals surface area (Å²) in [5.74, 6) is 0.624. The molecule has 0 aliphatic heterocycles. The lowest BCUT2D eigenvalue weighted by molar-refractivity contribution is -0.140. The van der Waals surface area contributed by atoms with Crippen molar-refractivity contribution < 1.29 is 14.3 Å². The molecule has 0 amide bonds. The summed E-state index contributed by atoms with van der Waals surface area (Å²) in [5, 5.41) is 0.874. The summed E-state index contributed by atoms with van der Waals surface area (Å²) in [4.78, 5) is 11.5. The molecule has 0 fully saturated rings. The van der Waals surface area contributed by atoms with Crippen molar-refractivity contribution in [2.75, 3.05) is 6.61 Å². The Morgan fingerprint density at radius 1 is 1.33 bits per heavy atom. The lowest BCUT2D eigenvalue weighted by Gasteiger charge is -2.06. The maximum absolute atomic E-state index is 11.5. The number of halogens is 2. The number of esters is 1. The Morgan fingerprint density at radius 3 is 2.76 bits per heavy atom. The average molecular weight is 331 g/mol. The van der Waals surface area contributed by atoms with Gasteiger partial charge < -0.3 is 9.47 Å². The van der Waals surface area contributed by atoms with E-state index >= 15 is 0 Å². The minimum absolute atomic E-state index is 0.197. The molecule has 0 unspecified atom stereocenters. The Labute approximate surface area is 135 Å². The fraction of sp³-hybridized carbons (Fsp3) is 0.438. The van der Waals surface area contributed by atoms with Crippen molar-refractivity contribution in [1.29, 1.82) is 0 Å². The highest BCUT2D eigenvalue weighted by molar-refractivity contribution is 6.35. The van der Waals surface area contributed by atoms with Crippen LogP contribution in [0.25, 0.3) is 0 Å². The molecule has 0 aliphatic rings. The van der Waals surface area contributed by atoms with Crippen LogP contribution in [0, 0.1) is 5.92 Å². The molecule has 0 N–H and O–H groups in total. The number of rotatable bonds is 8. The Kier molecular flexibility index (Phi) is 8.24. The van der Waals surface area contributed by atoms with Gasteiger partial charge in [0.15, 0.2) is 6.61 Å². The summed E-state index contributed by atoms with van der Waals surface area (Å²) in [5.41, 5.74) is 0. The fourth-order valence-electron chi connectivity index (χ4n) is 1.60. The van der Waals surface area contributed by atoms with E-state index in [1.165, 1.54) is 6.26 Å². The molecule has 116 valence electrons. The smallest absolute Gasteiger partial charge is 0.348 e. The van der Waals surface area contributed by atoms with E-state index in [1.807, 2.05) is 6.08 Å². The molecule has 0 spiro atoms. The number of unbranched alkanes of at least 4 members (excludes halogenated alkanes) is 1. The van der Waals surface area contributed by atoms with Crippen molar-refractivity contribution in [2.45, 2.75) is 33.1 Å². The number of carbonyl (C=O) groups is 1. The highest BCUT2D eigenvalue weighted by Crippen LogP contribution is 2.27. The lowest BCUT2D eigenvalue weighted by atomic mass is 10.1. The van der Waals surface area contributed by atoms with Gasteiger partial charge in [0, 0.05) is 5.02 Å². The standard InChI is InChI=1S/C16H20Cl2O3/c1-12(2)6-4-3-5-9-20-16(19)11-21-15-8-7-13(17)10-14(15)18/h5,7-10,12H,3-4,6,11H2,1-2H3. The molecule has 5 heteroatoms. The normalized spacial score (nSPS) is 11.1. The van der Waals surface area contributed by atoms with Gasteiger partial charge in [-0.25, -0.2) is 4.79 Å². The molecule has 1 aromatic carbocycles. The predicted octanol–water partition coefficient (Wildman–Crippen LogP) is 5.26. The van der Waals surface area contributed by atoms with Gasteiger partial charge in [-0.15, -0.1) is 0 Å². The van der Waals surface area contributed by atoms with Gasteiger partial charge in [-0.05, 0) is 43.0 Å². The van der Waals surface area contributed by atoms with Crippen LogP contribution in [0.15, 0.2) is 30.5 Å². The van der Waals surface area contributed by atoms with Crippen LogP contribution in [0.5, 0.6) is 5.75 Å². The van der Waals surface area contributed by atoms with Gasteiger partial charge in [0.1, 0.15) is 5.75 Å². The van der Waals surface area contributed by atoms with Gasteiger partial charge in [-0.3, -0.25) is 0 Å². The molecule has 0 aromatic heterocycles. The second-order valence-electron chi connectivity index (χ2n) is 5.05. The lowest BCUT2D eigenvalue weighted by Crippen LogP contribution is -2.12. The van der Waals surface area contributed by atoms with Crippen LogP contribution >= 0.6 is 23.2 Å². The number of ether oxygens (including phenoxy) is 2. The zero-order valence-corrected chi connectivity index (χ0v) is 13.8. The van der Waals surface area contributed by atoms with Crippen LogP contribution in [-0.2, 0) is 9.53 Å². The largest absolute Gasteiger partial charge is 0.480 e. The molecule has 0 saturated heterocycles. The van der Waals surface area contributed by atoms with E-state index in [4.69, 9.17) is 32.7 Å². The second kappa shape index (κ2) is 9.69. The number of hydrogen-bond donors (Lipinski definition) is 0. The second-order valence-corrected chi connectivity index (χ2v) is 5.89. The minimum Gasteiger partial charge on any atom is -0.480 e. The maximum atomic E-state index is 11.5. The molecule has 1 rings (SSSR count). The van der Waals surface area contributed by atoms with Crippen LogP contribution < -0.4 is 4.74 Å². The van der Waals surface area contributed by atoms with E-state index in [9.17, 15) is 4.79 Å². The first-order chi connectivity index (χ1) is 9.99. The van der Waals surface area contributed by atoms with Crippen molar-refractivity contribution in [3.63, 3.8) is 0 Å². The van der Waals surface area contributed by atoms with E-state index in [1.54, 1.807) is 18.2 Å². The first-order valence-corrected chi connectivity index (χ1v) is 7.67. The molecule has 21 heavy (non-hydrogen) atoms. The summed E-state index contributed by atoms with van der Waals surface area (Å²) >= 11 is 11.7. The molecule has 0 aliphatic carbocycles. The van der Waals surface area contributed by atoms with Crippen molar-refractivity contribution in [2.24, 2.45) is 5.92 Å². The van der Waals surface area contributed by atoms with E-state index < -0.39 is 5.97 Å². The van der Waals surface area contributed by atoms with Crippen LogP contribution in [-0.4, -0.2) is 12.6 Å². The van der Waals surface area contributed by atoms with Crippen molar-refractivity contribution in [3.05, 3.63) is 40.6 Å². The molecule has 0 bridgehead atoms. The van der Waals surface area contributed by atoms with E-state index in [0.29, 0.717) is 21.7 Å². The fourth-order valence-corrected chi connectivity index (χ4v) is 2.06. The average Bonchev–Trinajstić information content (AvgIpc) is 2.41. The number of benzene rings is 1. The van der Waals surface area contributed by atoms with E-state index in [-0.39, 0.29) is 6.61 Å². The predicted molar refractivity (Wildman–Crippen MR) is 85.9 cm³/mol. The Balaban J connectivity index is 2.23. The van der Waals surface area contributed by atoms with Gasteiger partial charge in [-0.2, -0.15) is 0 Å². The third-order valence-corrected chi connectivity index (χ3v) is 3.22. The van der Waals surface area contributed by atoms with Gasteiger partial charge in [-0.1, -0.05) is 43.5 Å². The van der Waals surface area contributed by atoms with Crippen LogP contribution in [0.3, 0.4) is 0 Å². The third-order valence-electron chi connectivity index (χ3n) is 2.69. The molecular formula is C16H20Cl2O3. The van der Waals surface area contributed by atoms with Crippen LogP contribution in [0.2, 0.25) is 10.0 Å². The third kappa shape index (κ3) is 7.98. The SMILES string of the molecule is CC(C)CCCC=COC(=O)COc1ccc(Cl)cc1Cl. The highest BCUT2D eigenvalue weighted by Gasteiger charge is 2.06. The molecule has 0 saturated carbocycles. The molecule has 3 nitrogen and oxygen atoms in total. The Hall–Kier alpha value is -1.19. The maximum Gasteiger partial charge on any atom is 0.348 e. The van der Waals surface area contributed by atoms with Gasteiger partial charge in [0.05, 0.1) is 11.3 Å². The molecule has 0 heterocycles.